The van der Waals surface area contributed by atoms with Gasteiger partial charge >= 0.3 is 6.36 Å². The molecule has 3 aliphatic rings. The normalized spacial score (nSPS) is 22.4. The van der Waals surface area contributed by atoms with Crippen molar-refractivity contribution in [2.24, 2.45) is 5.41 Å². The summed E-state index contributed by atoms with van der Waals surface area (Å²) < 4.78 is 54.6. The van der Waals surface area contributed by atoms with E-state index in [1.54, 1.807) is 16.8 Å². The number of aromatic nitrogens is 2. The molecule has 0 atom stereocenters. The molecule has 2 aromatic rings. The van der Waals surface area contributed by atoms with Crippen LogP contribution in [0.3, 0.4) is 0 Å². The van der Waals surface area contributed by atoms with Crippen molar-refractivity contribution < 1.29 is 27.4 Å². The van der Waals surface area contributed by atoms with Crippen LogP contribution >= 0.6 is 0 Å². The van der Waals surface area contributed by atoms with E-state index < -0.39 is 6.36 Å². The summed E-state index contributed by atoms with van der Waals surface area (Å²) in [5.74, 6) is 0.311. The molecule has 6 nitrogen and oxygen atoms in total. The van der Waals surface area contributed by atoms with Crippen LogP contribution in [0.25, 0.3) is 5.69 Å². The Hall–Kier alpha value is -2.26. The molecule has 1 aliphatic carbocycles. The molecule has 0 unspecified atom stereocenters. The van der Waals surface area contributed by atoms with Crippen molar-refractivity contribution in [3.05, 3.63) is 36.0 Å². The molecule has 5 rings (SSSR count). The van der Waals surface area contributed by atoms with E-state index in [1.807, 2.05) is 13.0 Å². The predicted molar refractivity (Wildman–Crippen MR) is 125 cm³/mol. The van der Waals surface area contributed by atoms with Gasteiger partial charge in [-0.1, -0.05) is 0 Å². The van der Waals surface area contributed by atoms with Crippen molar-refractivity contribution in [2.45, 2.75) is 76.8 Å². The number of hydrogen-bond acceptors (Lipinski definition) is 5. The van der Waals surface area contributed by atoms with Crippen molar-refractivity contribution in [3.8, 4) is 17.3 Å². The Kier molecular flexibility index (Phi) is 6.99. The minimum Gasteiger partial charge on any atom is -0.473 e. The molecule has 1 spiro atoms. The first-order valence-corrected chi connectivity index (χ1v) is 12.7. The van der Waals surface area contributed by atoms with E-state index in [9.17, 15) is 13.2 Å². The average Bonchev–Trinajstić information content (AvgIpc) is 3.21. The Labute approximate surface area is 204 Å². The van der Waals surface area contributed by atoms with Gasteiger partial charge in [-0.2, -0.15) is 0 Å². The molecule has 2 aliphatic heterocycles. The van der Waals surface area contributed by atoms with Gasteiger partial charge in [0.05, 0.1) is 5.69 Å². The van der Waals surface area contributed by atoms with Crippen LogP contribution in [0.1, 0.15) is 57.1 Å². The highest BCUT2D eigenvalue weighted by molar-refractivity contribution is 5.39. The van der Waals surface area contributed by atoms with Gasteiger partial charge in [-0.15, -0.1) is 18.3 Å². The summed E-state index contributed by atoms with van der Waals surface area (Å²) in [6.45, 7) is 6.11. The van der Waals surface area contributed by atoms with Crippen LogP contribution < -0.4 is 9.47 Å². The number of nitrogens with zero attached hydrogens (tertiary/aromatic N) is 3. The molecule has 9 heteroatoms. The number of alkyl halides is 3. The van der Waals surface area contributed by atoms with E-state index in [-0.39, 0.29) is 11.9 Å². The first-order valence-electron chi connectivity index (χ1n) is 12.7. The van der Waals surface area contributed by atoms with Gasteiger partial charge in [0.2, 0.25) is 5.88 Å². The SMILES string of the molecule is Cc1cc(OC2CCC3(CC2)CCN(C2CCOCC2)CC3)nn1-c1ccc(OC(F)(F)F)cc1. The van der Waals surface area contributed by atoms with E-state index in [1.165, 1.54) is 63.7 Å². The van der Waals surface area contributed by atoms with Crippen molar-refractivity contribution in [1.29, 1.82) is 0 Å². The maximum absolute atomic E-state index is 12.4. The highest BCUT2D eigenvalue weighted by Crippen LogP contribution is 2.46. The number of piperidine rings is 1. The summed E-state index contributed by atoms with van der Waals surface area (Å²) in [4.78, 5) is 2.69. The van der Waals surface area contributed by atoms with Gasteiger partial charge in [-0.3, -0.25) is 0 Å². The van der Waals surface area contributed by atoms with E-state index in [0.717, 1.165) is 31.7 Å². The second kappa shape index (κ2) is 10.0. The van der Waals surface area contributed by atoms with Crippen LogP contribution in [0.4, 0.5) is 13.2 Å². The van der Waals surface area contributed by atoms with Gasteiger partial charge in [0.1, 0.15) is 11.9 Å². The van der Waals surface area contributed by atoms with Gasteiger partial charge < -0.3 is 19.1 Å². The zero-order valence-corrected chi connectivity index (χ0v) is 20.2. The molecule has 1 aromatic carbocycles. The first kappa shape index (κ1) is 24.4. The van der Waals surface area contributed by atoms with Gasteiger partial charge in [0.25, 0.3) is 0 Å². The minimum absolute atomic E-state index is 0.152. The molecular weight excluding hydrogens is 459 g/mol. The minimum atomic E-state index is -4.70. The number of halogens is 3. The second-order valence-electron chi connectivity index (χ2n) is 10.3. The zero-order chi connectivity index (χ0) is 24.5. The summed E-state index contributed by atoms with van der Waals surface area (Å²) in [5.41, 5.74) is 1.97. The standard InChI is InChI=1S/C26H34F3N3O3/c1-19-18-24(30-32(19)21-2-4-23(5-3-21)35-26(27,28)29)34-22-6-10-25(11-7-22)12-14-31(15-13-25)20-8-16-33-17-9-20/h2-5,18,20,22H,6-17H2,1H3. The maximum Gasteiger partial charge on any atom is 0.573 e. The summed E-state index contributed by atoms with van der Waals surface area (Å²) in [5, 5.41) is 4.56. The average molecular weight is 494 g/mol. The quantitative estimate of drug-likeness (QED) is 0.538. The molecule has 0 radical (unpaired) electrons. The van der Waals surface area contributed by atoms with Crippen LogP contribution in [-0.4, -0.2) is 59.5 Å². The summed E-state index contributed by atoms with van der Waals surface area (Å²) in [6.07, 6.45) is 4.79. The van der Waals surface area contributed by atoms with Crippen LogP contribution in [-0.2, 0) is 4.74 Å². The number of ether oxygens (including phenoxy) is 3. The van der Waals surface area contributed by atoms with E-state index in [4.69, 9.17) is 9.47 Å². The second-order valence-corrected chi connectivity index (χ2v) is 10.3. The number of hydrogen-bond donors (Lipinski definition) is 0. The molecule has 0 bridgehead atoms. The number of aryl methyl sites for hydroxylation is 1. The summed E-state index contributed by atoms with van der Waals surface area (Å²) in [7, 11) is 0. The largest absolute Gasteiger partial charge is 0.573 e. The molecular formula is C26H34F3N3O3. The van der Waals surface area contributed by atoms with E-state index in [0.29, 0.717) is 23.0 Å². The van der Waals surface area contributed by atoms with Gasteiger partial charge in [-0.05, 0) is 101 Å². The third-order valence-corrected chi connectivity index (χ3v) is 8.03. The maximum atomic E-state index is 12.4. The van der Waals surface area contributed by atoms with Crippen molar-refractivity contribution in [2.75, 3.05) is 26.3 Å². The van der Waals surface area contributed by atoms with Gasteiger partial charge in [-0.25, -0.2) is 4.68 Å². The molecule has 1 saturated carbocycles. The Morgan fingerprint density at radius 3 is 2.26 bits per heavy atom. The summed E-state index contributed by atoms with van der Waals surface area (Å²) in [6, 6.07) is 8.28. The lowest BCUT2D eigenvalue weighted by Crippen LogP contribution is -2.48. The fourth-order valence-electron chi connectivity index (χ4n) is 5.96. The molecule has 0 amide bonds. The Balaban J connectivity index is 1.13. The summed E-state index contributed by atoms with van der Waals surface area (Å²) >= 11 is 0. The molecule has 3 fully saturated rings. The topological polar surface area (TPSA) is 48.8 Å². The van der Waals surface area contributed by atoms with Crippen LogP contribution in [0, 0.1) is 12.3 Å². The fourth-order valence-corrected chi connectivity index (χ4v) is 5.96. The zero-order valence-electron chi connectivity index (χ0n) is 20.2. The smallest absolute Gasteiger partial charge is 0.473 e. The third kappa shape index (κ3) is 5.94. The van der Waals surface area contributed by atoms with Crippen molar-refractivity contribution in [3.63, 3.8) is 0 Å². The van der Waals surface area contributed by atoms with Crippen LogP contribution in [0.15, 0.2) is 30.3 Å². The van der Waals surface area contributed by atoms with E-state index >= 15 is 0 Å². The predicted octanol–water partition coefficient (Wildman–Crippen LogP) is 5.66. The highest BCUT2D eigenvalue weighted by atomic mass is 19.4. The van der Waals surface area contributed by atoms with Gasteiger partial charge in [0, 0.05) is 31.0 Å². The molecule has 35 heavy (non-hydrogen) atoms. The van der Waals surface area contributed by atoms with Crippen molar-refractivity contribution >= 4 is 0 Å². The number of rotatable bonds is 5. The molecule has 1 aromatic heterocycles. The first-order chi connectivity index (χ1) is 16.8. The Bertz CT molecular complexity index is 968. The molecule has 0 N–H and O–H groups in total. The molecule has 2 saturated heterocycles. The monoisotopic (exact) mass is 493 g/mol. The Morgan fingerprint density at radius 2 is 1.63 bits per heavy atom. The Morgan fingerprint density at radius 1 is 0.971 bits per heavy atom. The van der Waals surface area contributed by atoms with Gasteiger partial charge in [0.15, 0.2) is 0 Å². The number of benzene rings is 1. The van der Waals surface area contributed by atoms with Crippen LogP contribution in [0.5, 0.6) is 11.6 Å². The van der Waals surface area contributed by atoms with Crippen molar-refractivity contribution in [1.82, 2.24) is 14.7 Å². The molecule has 192 valence electrons. The number of likely N-dealkylation sites (tertiary alicyclic amines) is 1. The lowest BCUT2D eigenvalue weighted by molar-refractivity contribution is -0.274. The molecule has 3 heterocycles. The van der Waals surface area contributed by atoms with E-state index in [2.05, 4.69) is 14.7 Å². The van der Waals surface area contributed by atoms with Crippen LogP contribution in [0.2, 0.25) is 0 Å². The lowest BCUT2D eigenvalue weighted by atomic mass is 9.67. The third-order valence-electron chi connectivity index (χ3n) is 8.03. The highest BCUT2D eigenvalue weighted by Gasteiger charge is 2.40. The fraction of sp³-hybridized carbons (Fsp3) is 0.654. The lowest BCUT2D eigenvalue weighted by Gasteiger charge is -2.48.